The molecule has 0 bridgehead atoms. The first-order chi connectivity index (χ1) is 12.6. The van der Waals surface area contributed by atoms with Crippen LogP contribution in [0.2, 0.25) is 0 Å². The Morgan fingerprint density at radius 3 is 2.48 bits per heavy atom. The van der Waals surface area contributed by atoms with Gasteiger partial charge in [-0.25, -0.2) is 0 Å². The van der Waals surface area contributed by atoms with Crippen molar-refractivity contribution in [2.45, 2.75) is 89.3 Å². The van der Waals surface area contributed by atoms with E-state index < -0.39 is 0 Å². The van der Waals surface area contributed by atoms with Gasteiger partial charge in [0, 0.05) is 30.2 Å². The van der Waals surface area contributed by atoms with E-state index in [9.17, 15) is 14.4 Å². The normalized spacial score (nSPS) is 20.9. The number of nitrogens with one attached hydrogen (secondary N) is 2. The summed E-state index contributed by atoms with van der Waals surface area (Å²) in [6.07, 6.45) is 4.01. The standard InChI is InChI=1S/C20H37N3O3S/c1-7-20(5,27-15(4)21-6)16-13-18(25)23(19(16)26)12-10-8-9-11-17(24)22-14(2)3/h14-16,21H,7-13H2,1-6H3,(H,22,24). The third-order valence-electron chi connectivity index (χ3n) is 5.27. The second-order valence-corrected chi connectivity index (χ2v) is 9.76. The Labute approximate surface area is 168 Å². The Kier molecular flexibility index (Phi) is 9.81. The Hall–Kier alpha value is -1.08. The van der Waals surface area contributed by atoms with Gasteiger partial charge in [-0.1, -0.05) is 13.3 Å². The van der Waals surface area contributed by atoms with Crippen molar-refractivity contribution in [3.8, 4) is 0 Å². The maximum atomic E-state index is 12.9. The van der Waals surface area contributed by atoms with Crippen LogP contribution in [0.4, 0.5) is 0 Å². The van der Waals surface area contributed by atoms with Gasteiger partial charge in [-0.3, -0.25) is 19.3 Å². The van der Waals surface area contributed by atoms with Crippen molar-refractivity contribution in [3.63, 3.8) is 0 Å². The van der Waals surface area contributed by atoms with Crippen molar-refractivity contribution < 1.29 is 14.4 Å². The van der Waals surface area contributed by atoms with E-state index in [4.69, 9.17) is 0 Å². The van der Waals surface area contributed by atoms with Crippen molar-refractivity contribution in [2.24, 2.45) is 5.92 Å². The molecule has 0 aliphatic carbocycles. The van der Waals surface area contributed by atoms with E-state index in [1.807, 2.05) is 20.9 Å². The molecule has 156 valence electrons. The van der Waals surface area contributed by atoms with E-state index in [0.717, 1.165) is 25.7 Å². The van der Waals surface area contributed by atoms with Crippen LogP contribution in [-0.4, -0.2) is 52.4 Å². The van der Waals surface area contributed by atoms with Crippen molar-refractivity contribution in [2.75, 3.05) is 13.6 Å². The lowest BCUT2D eigenvalue weighted by Gasteiger charge is -2.34. The highest BCUT2D eigenvalue weighted by Gasteiger charge is 2.48. The summed E-state index contributed by atoms with van der Waals surface area (Å²) in [5.41, 5.74) is 0. The Morgan fingerprint density at radius 1 is 1.26 bits per heavy atom. The Bertz CT molecular complexity index is 527. The number of rotatable bonds is 12. The van der Waals surface area contributed by atoms with E-state index in [0.29, 0.717) is 19.4 Å². The van der Waals surface area contributed by atoms with Gasteiger partial charge in [-0.2, -0.15) is 0 Å². The third-order valence-corrected chi connectivity index (χ3v) is 6.97. The van der Waals surface area contributed by atoms with Crippen molar-refractivity contribution >= 4 is 29.5 Å². The van der Waals surface area contributed by atoms with Gasteiger partial charge in [0.15, 0.2) is 0 Å². The van der Waals surface area contributed by atoms with E-state index >= 15 is 0 Å². The average molecular weight is 400 g/mol. The zero-order valence-electron chi connectivity index (χ0n) is 17.8. The van der Waals surface area contributed by atoms with E-state index in [2.05, 4.69) is 31.4 Å². The monoisotopic (exact) mass is 399 g/mol. The molecule has 2 N–H and O–H groups in total. The van der Waals surface area contributed by atoms with Gasteiger partial charge in [-0.05, 0) is 54.0 Å². The molecule has 1 rings (SSSR count). The average Bonchev–Trinajstić information content (AvgIpc) is 2.89. The third kappa shape index (κ3) is 7.11. The molecule has 0 aromatic heterocycles. The van der Waals surface area contributed by atoms with Crippen LogP contribution in [-0.2, 0) is 14.4 Å². The minimum atomic E-state index is -0.257. The van der Waals surface area contributed by atoms with Gasteiger partial charge >= 0.3 is 0 Å². The first kappa shape index (κ1) is 24.0. The number of hydrogen-bond acceptors (Lipinski definition) is 5. The Morgan fingerprint density at radius 2 is 1.93 bits per heavy atom. The number of thioether (sulfide) groups is 1. The van der Waals surface area contributed by atoms with Crippen LogP contribution in [0.5, 0.6) is 0 Å². The molecule has 7 heteroatoms. The van der Waals surface area contributed by atoms with E-state index in [-0.39, 0.29) is 39.8 Å². The summed E-state index contributed by atoms with van der Waals surface area (Å²) in [6.45, 7) is 10.6. The van der Waals surface area contributed by atoms with Crippen LogP contribution >= 0.6 is 11.8 Å². The van der Waals surface area contributed by atoms with E-state index in [1.54, 1.807) is 11.8 Å². The second-order valence-electron chi connectivity index (χ2n) is 7.89. The lowest BCUT2D eigenvalue weighted by atomic mass is 9.89. The fourth-order valence-electron chi connectivity index (χ4n) is 3.40. The molecule has 0 saturated carbocycles. The van der Waals surface area contributed by atoms with Gasteiger partial charge in [0.25, 0.3) is 0 Å². The Balaban J connectivity index is 2.51. The molecule has 1 aliphatic rings. The van der Waals surface area contributed by atoms with Crippen molar-refractivity contribution in [1.29, 1.82) is 0 Å². The number of hydrogen-bond donors (Lipinski definition) is 2. The molecule has 1 saturated heterocycles. The number of imide groups is 1. The van der Waals surface area contributed by atoms with Crippen LogP contribution in [0.1, 0.15) is 73.1 Å². The first-order valence-corrected chi connectivity index (χ1v) is 11.0. The highest BCUT2D eigenvalue weighted by atomic mass is 32.2. The summed E-state index contributed by atoms with van der Waals surface area (Å²) in [5.74, 6) is -0.280. The molecule has 0 aromatic carbocycles. The summed E-state index contributed by atoms with van der Waals surface area (Å²) < 4.78 is -0.251. The van der Waals surface area contributed by atoms with Gasteiger partial charge in [0.1, 0.15) is 0 Å². The van der Waals surface area contributed by atoms with Crippen LogP contribution in [0.3, 0.4) is 0 Å². The molecule has 0 radical (unpaired) electrons. The van der Waals surface area contributed by atoms with Crippen molar-refractivity contribution in [3.05, 3.63) is 0 Å². The SMILES string of the molecule is CCC(C)(SC(C)NC)C1CC(=O)N(CCCCCC(=O)NC(C)C)C1=O. The maximum absolute atomic E-state index is 12.9. The first-order valence-electron chi connectivity index (χ1n) is 10.1. The summed E-state index contributed by atoms with van der Waals surface area (Å²) >= 11 is 1.74. The van der Waals surface area contributed by atoms with Crippen LogP contribution < -0.4 is 10.6 Å². The molecular weight excluding hydrogens is 362 g/mol. The maximum Gasteiger partial charge on any atom is 0.234 e. The van der Waals surface area contributed by atoms with Gasteiger partial charge in [0.05, 0.1) is 11.3 Å². The highest BCUT2D eigenvalue weighted by molar-refractivity contribution is 8.01. The fraction of sp³-hybridized carbons (Fsp3) is 0.850. The number of likely N-dealkylation sites (tertiary alicyclic amines) is 1. The van der Waals surface area contributed by atoms with Crippen molar-refractivity contribution in [1.82, 2.24) is 15.5 Å². The highest BCUT2D eigenvalue weighted by Crippen LogP contribution is 2.43. The number of carbonyl (C=O) groups is 3. The lowest BCUT2D eigenvalue weighted by Crippen LogP contribution is -2.40. The quantitative estimate of drug-likeness (QED) is 0.300. The molecule has 1 heterocycles. The van der Waals surface area contributed by atoms with Gasteiger partial charge < -0.3 is 10.6 Å². The predicted octanol–water partition coefficient (Wildman–Crippen LogP) is 2.91. The molecule has 1 fully saturated rings. The van der Waals surface area contributed by atoms with Gasteiger partial charge in [0.2, 0.25) is 17.7 Å². The number of unbranched alkanes of at least 4 members (excludes halogenated alkanes) is 2. The summed E-state index contributed by atoms with van der Waals surface area (Å²) in [5, 5.41) is 6.30. The minimum Gasteiger partial charge on any atom is -0.354 e. The molecule has 0 aromatic rings. The zero-order chi connectivity index (χ0) is 20.6. The number of nitrogens with zero attached hydrogens (tertiary/aromatic N) is 1. The minimum absolute atomic E-state index is 0.0299. The fourth-order valence-corrected chi connectivity index (χ4v) is 4.84. The molecule has 6 nitrogen and oxygen atoms in total. The summed E-state index contributed by atoms with van der Waals surface area (Å²) in [6, 6.07) is 0.158. The largest absolute Gasteiger partial charge is 0.354 e. The summed E-state index contributed by atoms with van der Waals surface area (Å²) in [7, 11) is 1.91. The molecule has 3 amide bonds. The molecular formula is C20H37N3O3S. The molecule has 0 spiro atoms. The van der Waals surface area contributed by atoms with Gasteiger partial charge in [-0.15, -0.1) is 11.8 Å². The summed E-state index contributed by atoms with van der Waals surface area (Å²) in [4.78, 5) is 38.4. The van der Waals surface area contributed by atoms with Crippen LogP contribution in [0.15, 0.2) is 0 Å². The predicted molar refractivity (Wildman–Crippen MR) is 111 cm³/mol. The second kappa shape index (κ2) is 11.1. The smallest absolute Gasteiger partial charge is 0.234 e. The molecule has 3 unspecified atom stereocenters. The zero-order valence-corrected chi connectivity index (χ0v) is 18.6. The topological polar surface area (TPSA) is 78.5 Å². The molecule has 1 aliphatic heterocycles. The van der Waals surface area contributed by atoms with Crippen LogP contribution in [0.25, 0.3) is 0 Å². The number of carbonyl (C=O) groups excluding carboxylic acids is 3. The lowest BCUT2D eigenvalue weighted by molar-refractivity contribution is -0.139. The molecule has 27 heavy (non-hydrogen) atoms. The molecule has 3 atom stereocenters. The van der Waals surface area contributed by atoms with E-state index in [1.165, 1.54) is 4.90 Å². The number of amides is 3. The van der Waals surface area contributed by atoms with Crippen LogP contribution in [0, 0.1) is 5.92 Å².